The van der Waals surface area contributed by atoms with E-state index in [0.29, 0.717) is 16.7 Å². The minimum Gasteiger partial charge on any atom is -0.210 e. The first-order valence-corrected chi connectivity index (χ1v) is 9.39. The molecule has 3 atom stereocenters. The Morgan fingerprint density at radius 1 is 1.33 bits per heavy atom. The number of thiophene rings is 1. The standard InChI is InChI=1S/C12H16BrNO2S2/c13-11-3-4-12(17-11)18(15,16)14-7-10-6-8-1-2-9(10)5-8/h3-4,8-10,14H,1-2,5-7H2. The van der Waals surface area contributed by atoms with Crippen molar-refractivity contribution < 1.29 is 8.42 Å². The van der Waals surface area contributed by atoms with Crippen molar-refractivity contribution in [1.82, 2.24) is 4.72 Å². The van der Waals surface area contributed by atoms with Crippen LogP contribution >= 0.6 is 27.3 Å². The van der Waals surface area contributed by atoms with Crippen molar-refractivity contribution in [3.05, 3.63) is 15.9 Å². The van der Waals surface area contributed by atoms with Crippen LogP contribution in [0.5, 0.6) is 0 Å². The van der Waals surface area contributed by atoms with E-state index in [9.17, 15) is 8.42 Å². The van der Waals surface area contributed by atoms with E-state index in [1.54, 1.807) is 12.1 Å². The van der Waals surface area contributed by atoms with Crippen LogP contribution in [0.15, 0.2) is 20.1 Å². The highest BCUT2D eigenvalue weighted by molar-refractivity contribution is 9.11. The second kappa shape index (κ2) is 4.89. The molecule has 1 aromatic heterocycles. The van der Waals surface area contributed by atoms with Crippen LogP contribution in [0.3, 0.4) is 0 Å². The van der Waals surface area contributed by atoms with Crippen LogP contribution in [-0.2, 0) is 10.0 Å². The van der Waals surface area contributed by atoms with Crippen LogP contribution in [0.25, 0.3) is 0 Å². The lowest BCUT2D eigenvalue weighted by Crippen LogP contribution is -2.31. The molecule has 2 saturated carbocycles. The Kier molecular flexibility index (Phi) is 3.55. The van der Waals surface area contributed by atoms with Crippen LogP contribution in [0.2, 0.25) is 0 Å². The Hall–Kier alpha value is 0.0900. The van der Waals surface area contributed by atoms with Crippen LogP contribution in [0, 0.1) is 17.8 Å². The van der Waals surface area contributed by atoms with Gasteiger partial charge in [0.15, 0.2) is 0 Å². The number of fused-ring (bicyclic) bond motifs is 2. The molecule has 2 fully saturated rings. The minimum absolute atomic E-state index is 0.400. The molecule has 1 heterocycles. The monoisotopic (exact) mass is 349 g/mol. The van der Waals surface area contributed by atoms with Gasteiger partial charge in [0.2, 0.25) is 10.0 Å². The summed E-state index contributed by atoms with van der Waals surface area (Å²) in [4.78, 5) is 0. The van der Waals surface area contributed by atoms with E-state index in [4.69, 9.17) is 0 Å². The molecule has 0 radical (unpaired) electrons. The number of hydrogen-bond donors (Lipinski definition) is 1. The molecule has 2 aliphatic rings. The fourth-order valence-corrected chi connectivity index (χ4v) is 6.51. The lowest BCUT2D eigenvalue weighted by Gasteiger charge is -2.21. The molecule has 3 unspecified atom stereocenters. The first kappa shape index (κ1) is 13.1. The summed E-state index contributed by atoms with van der Waals surface area (Å²) < 4.78 is 28.2. The molecule has 0 saturated heterocycles. The van der Waals surface area contributed by atoms with E-state index >= 15 is 0 Å². The number of sulfonamides is 1. The van der Waals surface area contributed by atoms with Gasteiger partial charge in [0.1, 0.15) is 4.21 Å². The van der Waals surface area contributed by atoms with Gasteiger partial charge < -0.3 is 0 Å². The molecule has 3 rings (SSSR count). The highest BCUT2D eigenvalue weighted by Gasteiger charge is 2.39. The molecular formula is C12H16BrNO2S2. The van der Waals surface area contributed by atoms with E-state index in [2.05, 4.69) is 20.7 Å². The molecule has 0 aliphatic heterocycles. The van der Waals surface area contributed by atoms with Crippen molar-refractivity contribution in [2.24, 2.45) is 17.8 Å². The third-order valence-corrected chi connectivity index (χ3v) is 7.77. The van der Waals surface area contributed by atoms with E-state index in [1.807, 2.05) is 0 Å². The number of rotatable bonds is 4. The van der Waals surface area contributed by atoms with Gasteiger partial charge in [-0.1, -0.05) is 6.42 Å². The van der Waals surface area contributed by atoms with Gasteiger partial charge in [-0.25, -0.2) is 13.1 Å². The topological polar surface area (TPSA) is 46.2 Å². The summed E-state index contributed by atoms with van der Waals surface area (Å²) in [5.74, 6) is 2.18. The fourth-order valence-electron chi connectivity index (χ4n) is 3.36. The Bertz CT molecular complexity index is 540. The maximum Gasteiger partial charge on any atom is 0.250 e. The van der Waals surface area contributed by atoms with Crippen molar-refractivity contribution in [1.29, 1.82) is 0 Å². The highest BCUT2D eigenvalue weighted by atomic mass is 79.9. The van der Waals surface area contributed by atoms with Crippen molar-refractivity contribution in [2.45, 2.75) is 29.9 Å². The number of hydrogen-bond acceptors (Lipinski definition) is 3. The van der Waals surface area contributed by atoms with Crippen molar-refractivity contribution in [3.8, 4) is 0 Å². The lowest BCUT2D eigenvalue weighted by molar-refractivity contribution is 0.333. The van der Waals surface area contributed by atoms with E-state index in [-0.39, 0.29) is 0 Å². The van der Waals surface area contributed by atoms with Crippen molar-refractivity contribution >= 4 is 37.3 Å². The summed E-state index contributed by atoms with van der Waals surface area (Å²) in [6.07, 6.45) is 5.17. The second-order valence-corrected chi connectivity index (χ2v) is 9.80. The molecule has 2 bridgehead atoms. The third-order valence-electron chi connectivity index (χ3n) is 4.23. The van der Waals surface area contributed by atoms with E-state index < -0.39 is 10.0 Å². The van der Waals surface area contributed by atoms with Crippen LogP contribution in [0.4, 0.5) is 0 Å². The van der Waals surface area contributed by atoms with Gasteiger partial charge in [-0.2, -0.15) is 0 Å². The summed E-state index contributed by atoms with van der Waals surface area (Å²) in [6, 6.07) is 3.43. The van der Waals surface area contributed by atoms with Gasteiger partial charge in [-0.05, 0) is 65.1 Å². The summed E-state index contributed by atoms with van der Waals surface area (Å²) in [5, 5.41) is 0. The number of nitrogens with one attached hydrogen (secondary N) is 1. The Balaban J connectivity index is 1.63. The van der Waals surface area contributed by atoms with Gasteiger partial charge in [-0.3, -0.25) is 0 Å². The zero-order chi connectivity index (χ0) is 12.8. The Morgan fingerprint density at radius 2 is 2.17 bits per heavy atom. The molecule has 1 N–H and O–H groups in total. The maximum atomic E-state index is 12.1. The zero-order valence-corrected chi connectivity index (χ0v) is 13.2. The van der Waals surface area contributed by atoms with E-state index in [0.717, 1.165) is 15.6 Å². The summed E-state index contributed by atoms with van der Waals surface area (Å²) in [5.41, 5.74) is 0. The average molecular weight is 350 g/mol. The maximum absolute atomic E-state index is 12.1. The van der Waals surface area contributed by atoms with Crippen molar-refractivity contribution in [3.63, 3.8) is 0 Å². The summed E-state index contributed by atoms with van der Waals surface area (Å²) in [7, 11) is -3.31. The molecule has 18 heavy (non-hydrogen) atoms. The van der Waals surface area contributed by atoms with Crippen molar-refractivity contribution in [2.75, 3.05) is 6.54 Å². The first-order chi connectivity index (χ1) is 8.54. The quantitative estimate of drug-likeness (QED) is 0.906. The highest BCUT2D eigenvalue weighted by Crippen LogP contribution is 2.48. The predicted molar refractivity (Wildman–Crippen MR) is 76.1 cm³/mol. The molecular weight excluding hydrogens is 334 g/mol. The summed E-state index contributed by atoms with van der Waals surface area (Å²) in [6.45, 7) is 0.610. The molecule has 100 valence electrons. The Morgan fingerprint density at radius 3 is 2.72 bits per heavy atom. The van der Waals surface area contributed by atoms with Gasteiger partial charge in [0, 0.05) is 6.54 Å². The van der Waals surface area contributed by atoms with Gasteiger partial charge >= 0.3 is 0 Å². The van der Waals surface area contributed by atoms with Crippen LogP contribution in [0.1, 0.15) is 25.7 Å². The zero-order valence-electron chi connectivity index (χ0n) is 9.93. The van der Waals surface area contributed by atoms with E-state index in [1.165, 1.54) is 37.0 Å². The lowest BCUT2D eigenvalue weighted by atomic mass is 9.89. The third kappa shape index (κ3) is 2.53. The number of halogens is 1. The fraction of sp³-hybridized carbons (Fsp3) is 0.667. The summed E-state index contributed by atoms with van der Waals surface area (Å²) >= 11 is 4.55. The van der Waals surface area contributed by atoms with Gasteiger partial charge in [0.05, 0.1) is 3.79 Å². The molecule has 1 aromatic rings. The molecule has 3 nitrogen and oxygen atoms in total. The molecule has 0 aromatic carbocycles. The molecule has 6 heteroatoms. The normalized spacial score (nSPS) is 31.1. The van der Waals surface area contributed by atoms with Gasteiger partial charge in [-0.15, -0.1) is 11.3 Å². The molecule has 0 amide bonds. The smallest absolute Gasteiger partial charge is 0.210 e. The first-order valence-electron chi connectivity index (χ1n) is 6.29. The second-order valence-electron chi connectivity index (χ2n) is 5.35. The minimum atomic E-state index is -3.31. The Labute approximate surface area is 120 Å². The predicted octanol–water partition coefficient (Wildman–Crippen LogP) is 3.23. The van der Waals surface area contributed by atoms with Crippen LogP contribution < -0.4 is 4.72 Å². The largest absolute Gasteiger partial charge is 0.250 e. The molecule has 2 aliphatic carbocycles. The van der Waals surface area contributed by atoms with Gasteiger partial charge in [0.25, 0.3) is 0 Å². The molecule has 0 spiro atoms. The average Bonchev–Trinajstić information content (AvgIpc) is 3.01. The van der Waals surface area contributed by atoms with Crippen LogP contribution in [-0.4, -0.2) is 15.0 Å². The SMILES string of the molecule is O=S(=O)(NCC1CC2CCC1C2)c1ccc(Br)s1.